The molecule has 0 saturated heterocycles. The van der Waals surface area contributed by atoms with Crippen LogP contribution in [-0.4, -0.2) is 30.2 Å². The fourth-order valence-corrected chi connectivity index (χ4v) is 3.92. The van der Waals surface area contributed by atoms with Gasteiger partial charge in [-0.1, -0.05) is 18.2 Å². The summed E-state index contributed by atoms with van der Waals surface area (Å²) >= 11 is 0. The van der Waals surface area contributed by atoms with Gasteiger partial charge in [-0.25, -0.2) is 9.67 Å². The van der Waals surface area contributed by atoms with Gasteiger partial charge in [0.05, 0.1) is 17.1 Å². The molecule has 1 aliphatic heterocycles. The number of pyridine rings is 1. The number of rotatable bonds is 5. The van der Waals surface area contributed by atoms with E-state index in [1.807, 2.05) is 30.5 Å². The molecule has 1 aliphatic rings. The quantitative estimate of drug-likeness (QED) is 0.529. The summed E-state index contributed by atoms with van der Waals surface area (Å²) in [4.78, 5) is 33.9. The summed E-state index contributed by atoms with van der Waals surface area (Å²) in [6, 6.07) is 14.2. The second-order valence-corrected chi connectivity index (χ2v) is 7.74. The lowest BCUT2D eigenvalue weighted by Crippen LogP contribution is -2.29. The number of carbonyl (C=O) groups is 1. The first-order valence-electron chi connectivity index (χ1n) is 10.6. The first-order valence-corrected chi connectivity index (χ1v) is 10.6. The van der Waals surface area contributed by atoms with E-state index < -0.39 is 0 Å². The van der Waals surface area contributed by atoms with E-state index in [1.54, 1.807) is 30.6 Å². The number of hydrogen-bond donors (Lipinski definition) is 1. The summed E-state index contributed by atoms with van der Waals surface area (Å²) in [6.07, 6.45) is 8.63. The van der Waals surface area contributed by atoms with Crippen LogP contribution in [0, 0.1) is 0 Å². The highest BCUT2D eigenvalue weighted by molar-refractivity contribution is 5.94. The predicted molar refractivity (Wildman–Crippen MR) is 121 cm³/mol. The van der Waals surface area contributed by atoms with Crippen LogP contribution < -0.4 is 10.9 Å². The molecular weight excluding hydrogens is 404 g/mol. The van der Waals surface area contributed by atoms with E-state index in [2.05, 4.69) is 20.0 Å². The van der Waals surface area contributed by atoms with Crippen LogP contribution in [-0.2, 0) is 24.3 Å². The van der Waals surface area contributed by atoms with E-state index in [9.17, 15) is 9.59 Å². The van der Waals surface area contributed by atoms with Crippen molar-refractivity contribution in [2.75, 3.05) is 5.32 Å². The molecule has 1 aromatic carbocycles. The molecule has 5 rings (SSSR count). The number of fused-ring (bicyclic) bond motifs is 1. The molecule has 0 unspecified atom stereocenters. The van der Waals surface area contributed by atoms with Crippen molar-refractivity contribution in [3.63, 3.8) is 0 Å². The van der Waals surface area contributed by atoms with Crippen LogP contribution in [0.4, 0.5) is 5.69 Å². The molecule has 0 aliphatic carbocycles. The Hall–Kier alpha value is -4.07. The Labute approximate surface area is 184 Å². The zero-order valence-corrected chi connectivity index (χ0v) is 17.4. The molecule has 0 spiro atoms. The zero-order valence-electron chi connectivity index (χ0n) is 17.4. The smallest absolute Gasteiger partial charge is 0.267 e. The minimum Gasteiger partial charge on any atom is -0.334 e. The molecule has 1 N–H and O–H groups in total. The number of para-hydroxylation sites is 1. The summed E-state index contributed by atoms with van der Waals surface area (Å²) in [5.41, 5.74) is 3.44. The van der Waals surface area contributed by atoms with Crippen molar-refractivity contribution in [1.82, 2.24) is 24.3 Å². The fourth-order valence-electron chi connectivity index (χ4n) is 3.92. The van der Waals surface area contributed by atoms with Crippen molar-refractivity contribution in [1.29, 1.82) is 0 Å². The molecule has 0 bridgehead atoms. The second kappa shape index (κ2) is 8.58. The minimum atomic E-state index is -0.340. The van der Waals surface area contributed by atoms with Gasteiger partial charge >= 0.3 is 0 Å². The minimum absolute atomic E-state index is 0.189. The average Bonchev–Trinajstić information content (AvgIpc) is 3.25. The number of aromatic nitrogens is 5. The molecule has 0 saturated carbocycles. The number of benzene rings is 1. The third-order valence-corrected chi connectivity index (χ3v) is 5.52. The monoisotopic (exact) mass is 426 g/mol. The largest absolute Gasteiger partial charge is 0.334 e. The Morgan fingerprint density at radius 1 is 1.00 bits per heavy atom. The van der Waals surface area contributed by atoms with Gasteiger partial charge in [-0.3, -0.25) is 14.6 Å². The molecule has 8 nitrogen and oxygen atoms in total. The highest BCUT2D eigenvalue weighted by Gasteiger charge is 2.16. The molecule has 3 aromatic heterocycles. The maximum absolute atomic E-state index is 12.8. The van der Waals surface area contributed by atoms with Crippen molar-refractivity contribution < 1.29 is 4.79 Å². The van der Waals surface area contributed by atoms with Gasteiger partial charge < -0.3 is 9.88 Å². The standard InChI is InChI=1S/C24H22N6O2/c31-23(16-30-24(32)9-8-19(28-30)17-10-12-25-13-11-17)27-20-6-2-1-5-18(20)21-15-29-14-4-3-7-22(29)26-21/h1-2,5-6,8-13,15H,3-4,7,14,16H2,(H,27,31). The van der Waals surface area contributed by atoms with Crippen molar-refractivity contribution in [3.05, 3.63) is 83.3 Å². The number of imidazole rings is 1. The fraction of sp³-hybridized carbons (Fsp3) is 0.208. The van der Waals surface area contributed by atoms with Gasteiger partial charge in [-0.05, 0) is 37.1 Å². The number of hydrogen-bond acceptors (Lipinski definition) is 5. The maximum atomic E-state index is 12.8. The lowest BCUT2D eigenvalue weighted by molar-refractivity contribution is -0.117. The lowest BCUT2D eigenvalue weighted by Gasteiger charge is -2.11. The Morgan fingerprint density at radius 3 is 2.69 bits per heavy atom. The molecule has 0 fully saturated rings. The van der Waals surface area contributed by atoms with Crippen LogP contribution in [0.15, 0.2) is 71.9 Å². The summed E-state index contributed by atoms with van der Waals surface area (Å²) in [7, 11) is 0. The van der Waals surface area contributed by atoms with Gasteiger partial charge in [0.25, 0.3) is 5.56 Å². The van der Waals surface area contributed by atoms with Crippen LogP contribution in [0.1, 0.15) is 18.7 Å². The Balaban J connectivity index is 1.38. The first kappa shape index (κ1) is 19.9. The number of nitrogens with one attached hydrogen (secondary N) is 1. The van der Waals surface area contributed by atoms with Crippen molar-refractivity contribution in [2.24, 2.45) is 0 Å². The number of anilines is 1. The molecule has 32 heavy (non-hydrogen) atoms. The van der Waals surface area contributed by atoms with Crippen LogP contribution in [0.2, 0.25) is 0 Å². The number of carbonyl (C=O) groups excluding carboxylic acids is 1. The van der Waals surface area contributed by atoms with E-state index in [0.717, 1.165) is 48.5 Å². The topological polar surface area (TPSA) is 94.7 Å². The van der Waals surface area contributed by atoms with E-state index in [0.29, 0.717) is 11.4 Å². The Kier molecular flexibility index (Phi) is 5.33. The van der Waals surface area contributed by atoms with Gasteiger partial charge in [0, 0.05) is 48.7 Å². The Morgan fingerprint density at radius 2 is 1.84 bits per heavy atom. The van der Waals surface area contributed by atoms with E-state index >= 15 is 0 Å². The van der Waals surface area contributed by atoms with Crippen LogP contribution in [0.25, 0.3) is 22.5 Å². The number of nitrogens with zero attached hydrogens (tertiary/aromatic N) is 5. The third kappa shape index (κ3) is 4.07. The van der Waals surface area contributed by atoms with Crippen molar-refractivity contribution >= 4 is 11.6 Å². The molecule has 4 aromatic rings. The highest BCUT2D eigenvalue weighted by atomic mass is 16.2. The molecule has 160 valence electrons. The van der Waals surface area contributed by atoms with Gasteiger partial charge in [-0.2, -0.15) is 5.10 Å². The van der Waals surface area contributed by atoms with E-state index in [4.69, 9.17) is 4.98 Å². The zero-order chi connectivity index (χ0) is 21.9. The van der Waals surface area contributed by atoms with E-state index in [-0.39, 0.29) is 18.0 Å². The summed E-state index contributed by atoms with van der Waals surface area (Å²) in [5, 5.41) is 7.28. The number of amides is 1. The molecular formula is C24H22N6O2. The van der Waals surface area contributed by atoms with Gasteiger partial charge in [0.1, 0.15) is 12.4 Å². The van der Waals surface area contributed by atoms with Gasteiger partial charge in [0.2, 0.25) is 5.91 Å². The van der Waals surface area contributed by atoms with Crippen LogP contribution in [0.3, 0.4) is 0 Å². The van der Waals surface area contributed by atoms with Crippen LogP contribution in [0.5, 0.6) is 0 Å². The molecule has 0 radical (unpaired) electrons. The molecule has 1 amide bonds. The number of aryl methyl sites for hydroxylation is 2. The molecule has 8 heteroatoms. The predicted octanol–water partition coefficient (Wildman–Crippen LogP) is 3.14. The second-order valence-electron chi connectivity index (χ2n) is 7.74. The first-order chi connectivity index (χ1) is 15.7. The van der Waals surface area contributed by atoms with Gasteiger partial charge in [-0.15, -0.1) is 0 Å². The van der Waals surface area contributed by atoms with Crippen LogP contribution >= 0.6 is 0 Å². The molecule has 0 atom stereocenters. The summed E-state index contributed by atoms with van der Waals surface area (Å²) in [6.45, 7) is 0.783. The normalized spacial score (nSPS) is 12.9. The Bertz CT molecular complexity index is 1300. The summed E-state index contributed by atoms with van der Waals surface area (Å²) in [5.74, 6) is 0.749. The lowest BCUT2D eigenvalue weighted by atomic mass is 10.1. The third-order valence-electron chi connectivity index (χ3n) is 5.52. The summed E-state index contributed by atoms with van der Waals surface area (Å²) < 4.78 is 3.36. The maximum Gasteiger partial charge on any atom is 0.267 e. The SMILES string of the molecule is O=C(Cn1nc(-c2ccncc2)ccc1=O)Nc1ccccc1-c1cn2c(n1)CCCC2. The average molecular weight is 426 g/mol. The van der Waals surface area contributed by atoms with Crippen molar-refractivity contribution in [3.8, 4) is 22.5 Å². The molecule has 4 heterocycles. The van der Waals surface area contributed by atoms with Crippen molar-refractivity contribution in [2.45, 2.75) is 32.4 Å². The van der Waals surface area contributed by atoms with E-state index in [1.165, 1.54) is 10.7 Å². The van der Waals surface area contributed by atoms with Gasteiger partial charge in [0.15, 0.2) is 0 Å². The highest BCUT2D eigenvalue weighted by Crippen LogP contribution is 2.29.